The molecule has 0 aromatic rings. The van der Waals surface area contributed by atoms with Crippen molar-refractivity contribution in [3.05, 3.63) is 0 Å². The van der Waals surface area contributed by atoms with Gasteiger partial charge < -0.3 is 139 Å². The Balaban J connectivity index is 3.51. The molecule has 1 heterocycles. The zero-order valence-electron chi connectivity index (χ0n) is 73.3. The molecule has 1 aliphatic rings. The predicted molar refractivity (Wildman–Crippen MR) is 447 cm³/mol. The molecule has 0 bridgehead atoms. The number of primary amides is 1. The number of likely N-dealkylation sites (tertiary alicyclic amines) is 1. The van der Waals surface area contributed by atoms with Crippen LogP contribution in [0.5, 0.6) is 0 Å². The van der Waals surface area contributed by atoms with Crippen LogP contribution in [0.15, 0.2) is 0 Å². The lowest BCUT2D eigenvalue weighted by molar-refractivity contribution is -0.145. The second kappa shape index (κ2) is 57.7. The van der Waals surface area contributed by atoms with Crippen LogP contribution in [0.3, 0.4) is 0 Å². The molecule has 1 aliphatic heterocycles. The third kappa shape index (κ3) is 41.3. The molecule has 0 spiro atoms. The Morgan fingerprint density at radius 1 is 0.349 bits per heavy atom. The van der Waals surface area contributed by atoms with Gasteiger partial charge in [-0.05, 0) is 154 Å². The van der Waals surface area contributed by atoms with E-state index in [0.29, 0.717) is 25.7 Å². The average Bonchev–Trinajstić information content (AvgIpc) is 1.56. The molecule has 1 saturated heterocycles. The minimum atomic E-state index is -2.06. The van der Waals surface area contributed by atoms with Crippen molar-refractivity contribution in [3.8, 4) is 0 Å². The Bertz CT molecular complexity index is 3780. The molecule has 0 radical (unpaired) electrons. The zero-order chi connectivity index (χ0) is 96.1. The van der Waals surface area contributed by atoms with E-state index in [2.05, 4.69) is 79.8 Å². The highest BCUT2D eigenvalue weighted by atomic mass is 16.4. The molecule has 30 N–H and O–H groups in total. The molecule has 48 heteroatoms. The molecule has 0 aromatic carbocycles. The molecule has 712 valence electrons. The number of carboxylic acid groups (broad SMARTS) is 5. The highest BCUT2D eigenvalue weighted by Gasteiger charge is 2.43. The van der Waals surface area contributed by atoms with E-state index >= 15 is 0 Å². The summed E-state index contributed by atoms with van der Waals surface area (Å²) in [5.41, 5.74) is 27.7. The van der Waals surface area contributed by atoms with Gasteiger partial charge in [-0.3, -0.25) is 101 Å². The molecule has 17 atom stereocenters. The third-order valence-electron chi connectivity index (χ3n) is 20.3. The molecule has 0 unspecified atom stereocenters. The van der Waals surface area contributed by atoms with E-state index in [0.717, 1.165) is 13.8 Å². The number of carbonyl (C=O) groups is 22. The van der Waals surface area contributed by atoms with Gasteiger partial charge in [-0.2, -0.15) is 0 Å². The van der Waals surface area contributed by atoms with Crippen molar-refractivity contribution >= 4 is 130 Å². The standard InChI is InChI=1S/C78H133N21O27/c1-12-40(8)62(76(123)89-45(21-14-17-29-80)67(114)84-41(9)63(110)90-47(22-15-18-30-81)77(124)99-31-19-23-53(99)73(120)91-48(78(125)126)24-26-54(83)100)98-70(117)49(32-37(2)3)94-74(121)60(38(4)5)97-72(119)52(35-59(108)109)95-75(122)61(39(6)7)96-71(118)51(34-58(106)107)93-65(112)42(10)85-66(113)44(20-13-16-28-79)88-69(116)50(33-57(104)105)92-64(111)43(11)86-68(115)46(25-27-56(102)103)87-55(101)36-82/h37-53,60-62H,12-36,79-82H2,1-11H3,(H2,83,100)(H,84,114)(H,85,113)(H,86,115)(H,87,101)(H,88,116)(H,89,123)(H,90,110)(H,91,120)(H,92,111)(H,93,112)(H,94,121)(H,95,122)(H,96,118)(H,97,119)(H,98,117)(H,102,103)(H,104,105)(H,106,107)(H,108,109)(H,125,126)/t40-,41-,42-,43-,44-,45-,46-,47-,48-,49-,50-,51-,52-,53-,60-,61-,62-/m0/s1. The molecule has 0 aliphatic carbocycles. The first-order chi connectivity index (χ1) is 59.0. The number of nitrogens with two attached hydrogens (primary N) is 5. The smallest absolute Gasteiger partial charge is 0.326 e. The van der Waals surface area contributed by atoms with E-state index in [1.54, 1.807) is 27.7 Å². The van der Waals surface area contributed by atoms with Crippen LogP contribution in [0.2, 0.25) is 0 Å². The van der Waals surface area contributed by atoms with Gasteiger partial charge in [-0.15, -0.1) is 0 Å². The van der Waals surface area contributed by atoms with Crippen molar-refractivity contribution in [2.75, 3.05) is 32.7 Å². The van der Waals surface area contributed by atoms with Gasteiger partial charge in [0.2, 0.25) is 100 Å². The number of nitrogens with zero attached hydrogens (tertiary/aromatic N) is 1. The molecular formula is C78H133N21O27. The summed E-state index contributed by atoms with van der Waals surface area (Å²) in [5, 5.41) is 84.4. The fraction of sp³-hybridized carbons (Fsp3) is 0.718. The Labute approximate surface area is 729 Å². The summed E-state index contributed by atoms with van der Waals surface area (Å²) in [6.45, 7) is 15.9. The summed E-state index contributed by atoms with van der Waals surface area (Å²) in [4.78, 5) is 295. The largest absolute Gasteiger partial charge is 0.481 e. The van der Waals surface area contributed by atoms with Crippen molar-refractivity contribution in [1.29, 1.82) is 0 Å². The maximum absolute atomic E-state index is 14.6. The lowest BCUT2D eigenvalue weighted by atomic mass is 9.95. The molecule has 48 nitrogen and oxygen atoms in total. The van der Waals surface area contributed by atoms with Gasteiger partial charge in [0.25, 0.3) is 0 Å². The van der Waals surface area contributed by atoms with Crippen molar-refractivity contribution in [3.63, 3.8) is 0 Å². The van der Waals surface area contributed by atoms with E-state index < -0.39 is 283 Å². The lowest BCUT2D eigenvalue weighted by Gasteiger charge is -2.31. The number of aliphatic carboxylic acids is 5. The van der Waals surface area contributed by atoms with Gasteiger partial charge in [-0.1, -0.05) is 61.8 Å². The number of carboxylic acids is 5. The fourth-order valence-corrected chi connectivity index (χ4v) is 12.9. The summed E-state index contributed by atoms with van der Waals surface area (Å²) in [6.07, 6.45) is -2.96. The summed E-state index contributed by atoms with van der Waals surface area (Å²) < 4.78 is 0. The molecule has 1 rings (SSSR count). The maximum Gasteiger partial charge on any atom is 0.326 e. The minimum absolute atomic E-state index is 0.0369. The molecule has 0 aromatic heterocycles. The number of unbranched alkanes of at least 4 members (excludes halogenated alkanes) is 3. The summed E-state index contributed by atoms with van der Waals surface area (Å²) in [5.74, 6) is -28.0. The quantitative estimate of drug-likeness (QED) is 0.0252. The molecular weight excluding hydrogens is 1660 g/mol. The fourth-order valence-electron chi connectivity index (χ4n) is 12.9. The monoisotopic (exact) mass is 1800 g/mol. The van der Waals surface area contributed by atoms with Crippen molar-refractivity contribution in [1.82, 2.24) is 84.7 Å². The number of amides is 17. The number of nitrogens with one attached hydrogen (secondary N) is 15. The number of rotatable bonds is 62. The van der Waals surface area contributed by atoms with Crippen LogP contribution in [-0.4, -0.2) is 290 Å². The average molecular weight is 1800 g/mol. The first-order valence-electron chi connectivity index (χ1n) is 42.0. The number of hydrogen-bond donors (Lipinski definition) is 25. The van der Waals surface area contributed by atoms with Gasteiger partial charge in [0, 0.05) is 19.4 Å². The van der Waals surface area contributed by atoms with E-state index in [-0.39, 0.29) is 103 Å². The van der Waals surface area contributed by atoms with Crippen LogP contribution < -0.4 is 108 Å². The van der Waals surface area contributed by atoms with Crippen LogP contribution in [0.25, 0.3) is 0 Å². The van der Waals surface area contributed by atoms with Crippen molar-refractivity contribution in [2.24, 2.45) is 52.3 Å². The van der Waals surface area contributed by atoms with E-state index in [1.165, 1.54) is 39.5 Å². The van der Waals surface area contributed by atoms with Gasteiger partial charge in [0.15, 0.2) is 0 Å². The highest BCUT2D eigenvalue weighted by Crippen LogP contribution is 2.22. The first-order valence-corrected chi connectivity index (χ1v) is 42.0. The maximum atomic E-state index is 14.6. The Morgan fingerprint density at radius 2 is 0.683 bits per heavy atom. The molecule has 17 amide bonds. The van der Waals surface area contributed by atoms with Crippen LogP contribution in [0, 0.1) is 23.7 Å². The molecule has 1 fully saturated rings. The van der Waals surface area contributed by atoms with E-state index in [4.69, 9.17) is 33.8 Å². The second-order valence-corrected chi connectivity index (χ2v) is 32.1. The normalized spacial score (nSPS) is 16.2. The van der Waals surface area contributed by atoms with Crippen LogP contribution in [0.4, 0.5) is 0 Å². The van der Waals surface area contributed by atoms with Crippen molar-refractivity contribution in [2.45, 2.75) is 301 Å². The van der Waals surface area contributed by atoms with Gasteiger partial charge in [0.05, 0.1) is 25.8 Å². The van der Waals surface area contributed by atoms with Crippen LogP contribution in [0.1, 0.15) is 205 Å². The predicted octanol–water partition coefficient (Wildman–Crippen LogP) is -7.30. The van der Waals surface area contributed by atoms with E-state index in [9.17, 15) is 126 Å². The lowest BCUT2D eigenvalue weighted by Crippen LogP contribution is -2.62. The van der Waals surface area contributed by atoms with E-state index in [1.807, 2.05) is 0 Å². The Hall–Kier alpha value is -11.8. The van der Waals surface area contributed by atoms with Crippen LogP contribution in [-0.2, 0) is 105 Å². The zero-order valence-corrected chi connectivity index (χ0v) is 73.3. The summed E-state index contributed by atoms with van der Waals surface area (Å²) in [6, 6.07) is -25.4. The second-order valence-electron chi connectivity index (χ2n) is 32.1. The van der Waals surface area contributed by atoms with Gasteiger partial charge in [-0.25, -0.2) is 4.79 Å². The van der Waals surface area contributed by atoms with Gasteiger partial charge >= 0.3 is 29.8 Å². The van der Waals surface area contributed by atoms with Gasteiger partial charge in [0.1, 0.15) is 96.7 Å². The SMILES string of the molecule is CC[C@H](C)[C@H](NC(=O)[C@H](CC(C)C)NC(=O)[C@@H](NC(=O)[C@H](CC(=O)O)NC(=O)[C@@H](NC(=O)[C@H](CC(=O)O)NC(=O)[C@H](C)NC(=O)[C@H](CCCCN)NC(=O)[C@H](CC(=O)O)NC(=O)[C@H](C)NC(=O)[C@H](CCC(=O)O)NC(=O)CN)C(C)C)C(C)C)C(=O)N[C@@H](CCCCN)C(=O)N[C@@H](C)C(=O)N[C@@H](CCCCN)C(=O)N1CCC[C@H]1C(=O)N[C@@H](CCC(N)=O)C(=O)O. The highest BCUT2D eigenvalue weighted by molar-refractivity contribution is 6.02. The Morgan fingerprint density at radius 3 is 1.05 bits per heavy atom. The summed E-state index contributed by atoms with van der Waals surface area (Å²) in [7, 11) is 0. The number of hydrogen-bond acceptors (Lipinski definition) is 26. The van der Waals surface area contributed by atoms with Crippen molar-refractivity contribution < 1.29 is 131 Å². The summed E-state index contributed by atoms with van der Waals surface area (Å²) >= 11 is 0. The topological polar surface area (TPSA) is 790 Å². The first kappa shape index (κ1) is 112. The van der Waals surface area contributed by atoms with Crippen LogP contribution >= 0.6 is 0 Å². The molecule has 0 saturated carbocycles. The minimum Gasteiger partial charge on any atom is -0.481 e. The number of carbonyl (C=O) groups excluding carboxylic acids is 17. The Kier molecular flexibility index (Phi) is 51.3. The molecule has 126 heavy (non-hydrogen) atoms. The third-order valence-corrected chi connectivity index (χ3v) is 20.3.